The highest BCUT2D eigenvalue weighted by atomic mass is 32.1. The number of hydrogen-bond acceptors (Lipinski definition) is 4. The second kappa shape index (κ2) is 10.6. The predicted molar refractivity (Wildman–Crippen MR) is 103 cm³/mol. The van der Waals surface area contributed by atoms with Gasteiger partial charge >= 0.3 is 0 Å². The number of fused-ring (bicyclic) bond motifs is 1. The first-order chi connectivity index (χ1) is 11.3. The molecule has 0 saturated carbocycles. The van der Waals surface area contributed by atoms with E-state index in [1.54, 1.807) is 11.3 Å². The second-order valence-corrected chi connectivity index (χ2v) is 7.35. The molecule has 0 radical (unpaired) electrons. The molecular weight excluding hydrogens is 302 g/mol. The Bertz CT molecular complexity index is 519. The van der Waals surface area contributed by atoms with Crippen molar-refractivity contribution < 1.29 is 0 Å². The smallest absolute Gasteiger partial charge is 0.200 e. The number of hydrogen-bond donors (Lipinski definition) is 1. The fourth-order valence-electron chi connectivity index (χ4n) is 2.85. The Balaban J connectivity index is 1.54. The van der Waals surface area contributed by atoms with Crippen molar-refractivity contribution in [3.05, 3.63) is 24.3 Å². The van der Waals surface area contributed by atoms with Crippen molar-refractivity contribution in [3.63, 3.8) is 0 Å². The molecule has 1 heterocycles. The van der Waals surface area contributed by atoms with Crippen LogP contribution < -0.4 is 10.9 Å². The maximum atomic E-state index is 6.15. The predicted octanol–water partition coefficient (Wildman–Crippen LogP) is 5.90. The van der Waals surface area contributed by atoms with Crippen LogP contribution in [0.3, 0.4) is 0 Å². The Morgan fingerprint density at radius 2 is 1.52 bits per heavy atom. The summed E-state index contributed by atoms with van der Waals surface area (Å²) in [7, 11) is 0. The fraction of sp³-hybridized carbons (Fsp3) is 0.632. The Labute approximate surface area is 144 Å². The van der Waals surface area contributed by atoms with E-state index in [-0.39, 0.29) is 0 Å². The van der Waals surface area contributed by atoms with E-state index in [9.17, 15) is 0 Å². The number of nitrogens with zero attached hydrogens (tertiary/aromatic N) is 2. The summed E-state index contributed by atoms with van der Waals surface area (Å²) >= 11 is 1.68. The van der Waals surface area contributed by atoms with Crippen LogP contribution in [0.25, 0.3) is 10.2 Å². The summed E-state index contributed by atoms with van der Waals surface area (Å²) in [6.45, 7) is 3.17. The Morgan fingerprint density at radius 3 is 2.17 bits per heavy atom. The van der Waals surface area contributed by atoms with Gasteiger partial charge in [-0.1, -0.05) is 88.2 Å². The lowest BCUT2D eigenvalue weighted by Gasteiger charge is -2.14. The highest BCUT2D eigenvalue weighted by Crippen LogP contribution is 2.27. The summed E-state index contributed by atoms with van der Waals surface area (Å²) in [5.74, 6) is 6.15. The van der Waals surface area contributed by atoms with Crippen LogP contribution in [0.1, 0.15) is 71.1 Å². The first kappa shape index (κ1) is 18.2. The number of rotatable bonds is 12. The van der Waals surface area contributed by atoms with Gasteiger partial charge in [-0.05, 0) is 18.6 Å². The van der Waals surface area contributed by atoms with E-state index in [2.05, 4.69) is 18.0 Å². The van der Waals surface area contributed by atoms with Crippen molar-refractivity contribution in [1.82, 2.24) is 4.98 Å². The molecule has 1 aromatic carbocycles. The maximum absolute atomic E-state index is 6.15. The topological polar surface area (TPSA) is 42.1 Å². The summed E-state index contributed by atoms with van der Waals surface area (Å²) in [4.78, 5) is 4.60. The van der Waals surface area contributed by atoms with Gasteiger partial charge in [-0.2, -0.15) is 0 Å². The third kappa shape index (κ3) is 6.48. The zero-order chi connectivity index (χ0) is 16.3. The van der Waals surface area contributed by atoms with E-state index in [0.29, 0.717) is 0 Å². The van der Waals surface area contributed by atoms with E-state index in [4.69, 9.17) is 5.84 Å². The van der Waals surface area contributed by atoms with Crippen LogP contribution >= 0.6 is 11.3 Å². The van der Waals surface area contributed by atoms with Gasteiger partial charge in [-0.25, -0.2) is 10.8 Å². The molecule has 0 spiro atoms. The monoisotopic (exact) mass is 333 g/mol. The normalized spacial score (nSPS) is 11.2. The molecule has 0 saturated heterocycles. The van der Waals surface area contributed by atoms with Crippen LogP contribution in [0.4, 0.5) is 5.13 Å². The van der Waals surface area contributed by atoms with E-state index in [1.165, 1.54) is 62.5 Å². The third-order valence-corrected chi connectivity index (χ3v) is 5.35. The van der Waals surface area contributed by atoms with Crippen LogP contribution in [0.5, 0.6) is 0 Å². The fourth-order valence-corrected chi connectivity index (χ4v) is 3.76. The number of anilines is 1. The zero-order valence-corrected chi connectivity index (χ0v) is 15.3. The lowest BCUT2D eigenvalue weighted by molar-refractivity contribution is 0.555. The van der Waals surface area contributed by atoms with E-state index in [0.717, 1.165) is 23.6 Å². The van der Waals surface area contributed by atoms with Crippen molar-refractivity contribution in [2.24, 2.45) is 5.84 Å². The van der Waals surface area contributed by atoms with Crippen molar-refractivity contribution >= 4 is 26.7 Å². The molecule has 0 unspecified atom stereocenters. The summed E-state index contributed by atoms with van der Waals surface area (Å²) < 4.78 is 1.21. The lowest BCUT2D eigenvalue weighted by Crippen LogP contribution is -2.31. The molecule has 0 atom stereocenters. The van der Waals surface area contributed by atoms with Crippen LogP contribution in [-0.4, -0.2) is 11.5 Å². The highest BCUT2D eigenvalue weighted by molar-refractivity contribution is 7.22. The van der Waals surface area contributed by atoms with Crippen LogP contribution in [0.2, 0.25) is 0 Å². The van der Waals surface area contributed by atoms with Crippen LogP contribution in [-0.2, 0) is 0 Å². The summed E-state index contributed by atoms with van der Waals surface area (Å²) in [5, 5.41) is 2.75. The van der Waals surface area contributed by atoms with Gasteiger partial charge in [0.15, 0.2) is 0 Å². The minimum Gasteiger partial charge on any atom is -0.286 e. The van der Waals surface area contributed by atoms with Crippen molar-refractivity contribution in [2.75, 3.05) is 11.6 Å². The molecule has 0 bridgehead atoms. The van der Waals surface area contributed by atoms with Gasteiger partial charge in [0.1, 0.15) is 0 Å². The van der Waals surface area contributed by atoms with Crippen LogP contribution in [0, 0.1) is 0 Å². The number of nitrogens with two attached hydrogens (primary N) is 1. The second-order valence-electron chi connectivity index (χ2n) is 6.34. The molecule has 2 aromatic rings. The van der Waals surface area contributed by atoms with E-state index >= 15 is 0 Å². The molecule has 0 aliphatic rings. The quantitative estimate of drug-likeness (QED) is 0.299. The Hall–Kier alpha value is -1.13. The lowest BCUT2D eigenvalue weighted by atomic mass is 10.1. The molecular formula is C19H31N3S. The van der Waals surface area contributed by atoms with Gasteiger partial charge in [0.25, 0.3) is 0 Å². The van der Waals surface area contributed by atoms with Crippen molar-refractivity contribution in [3.8, 4) is 0 Å². The van der Waals surface area contributed by atoms with Crippen LogP contribution in [0.15, 0.2) is 24.3 Å². The van der Waals surface area contributed by atoms with E-state index in [1.807, 2.05) is 23.2 Å². The minimum absolute atomic E-state index is 0.899. The van der Waals surface area contributed by atoms with Gasteiger partial charge in [0.05, 0.1) is 10.2 Å². The number of thiazole rings is 1. The Kier molecular flexibility index (Phi) is 8.40. The molecule has 0 amide bonds. The molecule has 0 aliphatic carbocycles. The molecule has 128 valence electrons. The molecule has 1 aromatic heterocycles. The number of unbranched alkanes of at least 4 members (excludes halogenated alkanes) is 9. The maximum Gasteiger partial charge on any atom is 0.200 e. The largest absolute Gasteiger partial charge is 0.286 e. The van der Waals surface area contributed by atoms with Crippen molar-refractivity contribution in [1.29, 1.82) is 0 Å². The first-order valence-electron chi connectivity index (χ1n) is 9.19. The van der Waals surface area contributed by atoms with Gasteiger partial charge in [0, 0.05) is 6.54 Å². The highest BCUT2D eigenvalue weighted by Gasteiger charge is 2.07. The summed E-state index contributed by atoms with van der Waals surface area (Å²) in [5.41, 5.74) is 1.05. The summed E-state index contributed by atoms with van der Waals surface area (Å²) in [6.07, 6.45) is 13.5. The molecule has 2 rings (SSSR count). The first-order valence-corrected chi connectivity index (χ1v) is 10.0. The molecule has 3 nitrogen and oxygen atoms in total. The number of hydrazine groups is 1. The zero-order valence-electron chi connectivity index (χ0n) is 14.5. The van der Waals surface area contributed by atoms with E-state index < -0.39 is 0 Å². The average molecular weight is 334 g/mol. The van der Waals surface area contributed by atoms with Gasteiger partial charge in [-0.15, -0.1) is 0 Å². The molecule has 0 aliphatic heterocycles. The van der Waals surface area contributed by atoms with Gasteiger partial charge in [0.2, 0.25) is 5.13 Å². The SMILES string of the molecule is CCCCCCCCCCCCN(N)c1nc2ccccc2s1. The Morgan fingerprint density at radius 1 is 0.913 bits per heavy atom. The molecule has 2 N–H and O–H groups in total. The third-order valence-electron chi connectivity index (χ3n) is 4.28. The number of benzene rings is 1. The summed E-state index contributed by atoms with van der Waals surface area (Å²) in [6, 6.07) is 8.22. The van der Waals surface area contributed by atoms with Gasteiger partial charge in [-0.3, -0.25) is 5.01 Å². The molecule has 23 heavy (non-hydrogen) atoms. The van der Waals surface area contributed by atoms with Gasteiger partial charge < -0.3 is 0 Å². The standard InChI is InChI=1S/C19H31N3S/c1-2-3-4-5-6-7-8-9-10-13-16-22(20)19-21-17-14-11-12-15-18(17)23-19/h11-12,14-15H,2-10,13,16,20H2,1H3. The minimum atomic E-state index is 0.899. The van der Waals surface area contributed by atoms with Crippen molar-refractivity contribution in [2.45, 2.75) is 71.1 Å². The number of para-hydroxylation sites is 1. The molecule has 4 heteroatoms. The molecule has 0 fully saturated rings. The number of aromatic nitrogens is 1. The average Bonchev–Trinajstić information content (AvgIpc) is 3.00.